The Morgan fingerprint density at radius 3 is 1.67 bits per heavy atom. The maximum Gasteiger partial charge on any atom is 0.418 e. The van der Waals surface area contributed by atoms with Gasteiger partial charge >= 0.3 is 36.4 Å². The number of nitrogens with one attached hydrogen (secondary N) is 2. The Hall–Kier alpha value is -5.50. The van der Waals surface area contributed by atoms with Crippen LogP contribution in [0.1, 0.15) is 25.0 Å². The van der Waals surface area contributed by atoms with E-state index in [1.54, 1.807) is 44.4 Å². The molecule has 51 heavy (non-hydrogen) atoms. The Balaban J connectivity index is 0.000000415. The molecule has 0 saturated heterocycles. The minimum atomic E-state index is -4.57. The Labute approximate surface area is 287 Å². The zero-order valence-electron chi connectivity index (χ0n) is 28.0. The first-order valence-corrected chi connectivity index (χ1v) is 14.3. The first-order chi connectivity index (χ1) is 23.9. The van der Waals surface area contributed by atoms with Crippen molar-refractivity contribution in [3.05, 3.63) is 78.1 Å². The van der Waals surface area contributed by atoms with Gasteiger partial charge in [-0.1, -0.05) is 18.2 Å². The average Bonchev–Trinajstić information content (AvgIpc) is 3.08. The van der Waals surface area contributed by atoms with Crippen molar-refractivity contribution in [3.63, 3.8) is 0 Å². The van der Waals surface area contributed by atoms with Crippen molar-refractivity contribution in [1.82, 2.24) is 15.0 Å². The minimum Gasteiger partial charge on any atom is -0.469 e. The number of nitrogens with zero attached hydrogens (tertiary/aromatic N) is 3. The summed E-state index contributed by atoms with van der Waals surface area (Å²) in [6, 6.07) is 9.04. The molecule has 14 nitrogen and oxygen atoms in total. The summed E-state index contributed by atoms with van der Waals surface area (Å²) in [5.74, 6) is -1.43. The molecule has 2 atom stereocenters. The van der Waals surface area contributed by atoms with Crippen molar-refractivity contribution < 1.29 is 69.3 Å². The largest absolute Gasteiger partial charge is 0.469 e. The van der Waals surface area contributed by atoms with Gasteiger partial charge in [0.2, 0.25) is 0 Å². The smallest absolute Gasteiger partial charge is 0.418 e. The molecule has 0 spiro atoms. The van der Waals surface area contributed by atoms with E-state index in [0.29, 0.717) is 17.7 Å². The fraction of sp³-hybridized carbons (Fsp3) is 0.355. The number of urea groups is 1. The topological polar surface area (TPSA) is 168 Å². The number of pyridine rings is 2. The number of ether oxygens (including phenoxy) is 4. The molecule has 0 bridgehead atoms. The van der Waals surface area contributed by atoms with Crippen molar-refractivity contribution in [1.29, 1.82) is 0 Å². The van der Waals surface area contributed by atoms with Crippen LogP contribution in [0.5, 0.6) is 5.75 Å². The molecule has 0 aliphatic heterocycles. The van der Waals surface area contributed by atoms with Crippen LogP contribution < -0.4 is 15.4 Å². The van der Waals surface area contributed by atoms with E-state index in [-0.39, 0.29) is 29.3 Å². The molecular weight excluding hydrogens is 700 g/mol. The molecule has 2 heterocycles. The number of benzene rings is 1. The van der Waals surface area contributed by atoms with Crippen LogP contribution in [0.3, 0.4) is 0 Å². The van der Waals surface area contributed by atoms with E-state index in [1.165, 1.54) is 14.0 Å². The fourth-order valence-electron chi connectivity index (χ4n) is 3.44. The van der Waals surface area contributed by atoms with E-state index >= 15 is 0 Å². The van der Waals surface area contributed by atoms with Crippen LogP contribution >= 0.6 is 0 Å². The number of para-hydroxylation sites is 1. The molecular formula is C31H35F6N5O9. The summed E-state index contributed by atoms with van der Waals surface area (Å²) in [5.41, 5.74) is -1.87. The number of hydrogen-bond acceptors (Lipinski definition) is 11. The molecule has 0 fully saturated rings. The van der Waals surface area contributed by atoms with Gasteiger partial charge in [0.05, 0.1) is 45.0 Å². The number of aromatic nitrogens is 2. The zero-order chi connectivity index (χ0) is 38.8. The number of anilines is 2. The van der Waals surface area contributed by atoms with Crippen LogP contribution in [0.2, 0.25) is 0 Å². The molecule has 0 unspecified atom stereocenters. The summed E-state index contributed by atoms with van der Waals surface area (Å²) >= 11 is 0. The number of alkyl halides is 6. The molecule has 3 rings (SSSR count). The lowest BCUT2D eigenvalue weighted by atomic mass is 10.2. The van der Waals surface area contributed by atoms with Gasteiger partial charge in [-0.05, 0) is 50.2 Å². The monoisotopic (exact) mass is 735 g/mol. The number of carbonyl (C=O) groups excluding carboxylic acids is 4. The van der Waals surface area contributed by atoms with E-state index in [9.17, 15) is 45.5 Å². The summed E-state index contributed by atoms with van der Waals surface area (Å²) in [4.78, 5) is 57.3. The second-order valence-corrected chi connectivity index (χ2v) is 9.70. The molecule has 2 N–H and O–H groups in total. The number of halogens is 6. The van der Waals surface area contributed by atoms with Gasteiger partial charge in [0.1, 0.15) is 17.4 Å². The predicted molar refractivity (Wildman–Crippen MR) is 167 cm³/mol. The van der Waals surface area contributed by atoms with Gasteiger partial charge in [-0.25, -0.2) is 24.4 Å². The third-order valence-corrected chi connectivity index (χ3v) is 5.90. The highest BCUT2D eigenvalue weighted by Gasteiger charge is 2.32. The van der Waals surface area contributed by atoms with Crippen molar-refractivity contribution in [2.45, 2.75) is 32.2 Å². The number of methoxy groups -OCH3 is 3. The van der Waals surface area contributed by atoms with E-state index in [2.05, 4.69) is 30.1 Å². The fourth-order valence-corrected chi connectivity index (χ4v) is 3.44. The molecule has 2 aromatic heterocycles. The Morgan fingerprint density at radius 1 is 0.745 bits per heavy atom. The van der Waals surface area contributed by atoms with Crippen LogP contribution in [0.4, 0.5) is 47.6 Å². The quantitative estimate of drug-likeness (QED) is 0.146. The highest BCUT2D eigenvalue weighted by Crippen LogP contribution is 2.31. The van der Waals surface area contributed by atoms with Crippen LogP contribution in [0.15, 0.2) is 67.0 Å². The van der Waals surface area contributed by atoms with Crippen LogP contribution in [-0.2, 0) is 41.0 Å². The number of hydrogen-bond donors (Lipinski definition) is 2. The van der Waals surface area contributed by atoms with Gasteiger partial charge in [0, 0.05) is 19.5 Å². The molecule has 20 heteroatoms. The van der Waals surface area contributed by atoms with E-state index in [4.69, 9.17) is 14.3 Å². The van der Waals surface area contributed by atoms with Crippen LogP contribution in [-0.4, -0.2) is 80.2 Å². The van der Waals surface area contributed by atoms with E-state index in [1.807, 2.05) is 0 Å². The molecule has 3 aromatic rings. The van der Waals surface area contributed by atoms with Crippen molar-refractivity contribution in [2.75, 3.05) is 45.7 Å². The Morgan fingerprint density at radius 2 is 1.24 bits per heavy atom. The summed E-state index contributed by atoms with van der Waals surface area (Å²) in [5, 5.41) is 4.86. The third-order valence-electron chi connectivity index (χ3n) is 5.90. The first-order valence-electron chi connectivity index (χ1n) is 14.3. The SMILES string of the molecule is COC(=O)[C@H](C)N(OC)C(=O)Nc1cc(C(F)(F)F)ccn1.COC[C@@H](C)C(=O)OC.O=C(Nc1cc(C(F)(F)F)ccn1)Oc1ccccc1. The van der Waals surface area contributed by atoms with Gasteiger partial charge < -0.3 is 18.9 Å². The average molecular weight is 736 g/mol. The summed E-state index contributed by atoms with van der Waals surface area (Å²) in [6.45, 7) is 3.51. The number of hydroxylamine groups is 2. The second-order valence-electron chi connectivity index (χ2n) is 9.70. The number of esters is 2. The van der Waals surface area contributed by atoms with Crippen LogP contribution in [0.25, 0.3) is 0 Å². The van der Waals surface area contributed by atoms with E-state index in [0.717, 1.165) is 44.8 Å². The molecule has 0 aliphatic carbocycles. The Bertz CT molecular complexity index is 1560. The van der Waals surface area contributed by atoms with Gasteiger partial charge in [-0.15, -0.1) is 0 Å². The molecule has 0 radical (unpaired) electrons. The third kappa shape index (κ3) is 15.7. The zero-order valence-corrected chi connectivity index (χ0v) is 28.0. The summed E-state index contributed by atoms with van der Waals surface area (Å²) in [7, 11) is 5.17. The second kappa shape index (κ2) is 20.9. The van der Waals surface area contributed by atoms with Crippen molar-refractivity contribution in [3.8, 4) is 5.75 Å². The molecule has 1 aromatic carbocycles. The molecule has 3 amide bonds. The highest BCUT2D eigenvalue weighted by molar-refractivity contribution is 5.91. The standard InChI is InChI=1S/C13H9F3N2O2.C12H14F3N3O4.C6H12O3/c14-13(15,16)9-6-7-17-11(8-9)18-12(19)20-10-4-2-1-3-5-10;1-7(10(19)21-2)18(22-3)11(20)17-9-6-8(4-5-16-9)12(13,14)15;1-5(4-8-2)6(7)9-3/h1-8H,(H,17,18,19);4-7H,1-3H3,(H,16,17,20);5H,4H2,1-3H3/t;7-;5-/m.01/s1. The number of carbonyl (C=O) groups is 4. The predicted octanol–water partition coefficient (Wildman–Crippen LogP) is 6.21. The minimum absolute atomic E-state index is 0.153. The maximum atomic E-state index is 12.6. The van der Waals surface area contributed by atoms with Crippen molar-refractivity contribution >= 4 is 35.7 Å². The van der Waals surface area contributed by atoms with Crippen LogP contribution in [0, 0.1) is 5.92 Å². The van der Waals surface area contributed by atoms with Gasteiger partial charge in [-0.3, -0.25) is 20.3 Å². The lowest BCUT2D eigenvalue weighted by molar-refractivity contribution is -0.164. The number of amides is 3. The first kappa shape index (κ1) is 43.5. The lowest BCUT2D eigenvalue weighted by Gasteiger charge is -2.24. The van der Waals surface area contributed by atoms with Crippen molar-refractivity contribution in [2.24, 2.45) is 5.92 Å². The normalized spacial score (nSPS) is 11.9. The van der Waals surface area contributed by atoms with Gasteiger partial charge in [0.25, 0.3) is 0 Å². The molecule has 0 aliphatic rings. The molecule has 0 saturated carbocycles. The lowest BCUT2D eigenvalue weighted by Crippen LogP contribution is -2.45. The summed E-state index contributed by atoms with van der Waals surface area (Å²) < 4.78 is 93.7. The van der Waals surface area contributed by atoms with Gasteiger partial charge in [0.15, 0.2) is 6.04 Å². The number of rotatable bonds is 9. The van der Waals surface area contributed by atoms with Gasteiger partial charge in [-0.2, -0.15) is 31.4 Å². The maximum absolute atomic E-state index is 12.6. The van der Waals surface area contributed by atoms with E-state index < -0.39 is 47.6 Å². The molecule has 280 valence electrons. The highest BCUT2D eigenvalue weighted by atomic mass is 19.4. The Kier molecular flexibility index (Phi) is 17.8. The summed E-state index contributed by atoms with van der Waals surface area (Å²) in [6.07, 6.45) is -8.12.